The van der Waals surface area contributed by atoms with E-state index in [1.807, 2.05) is 6.07 Å². The first-order chi connectivity index (χ1) is 8.08. The number of aliphatic hydroxyl groups excluding tert-OH is 1. The lowest BCUT2D eigenvalue weighted by Gasteiger charge is -2.16. The number of hydrogen-bond acceptors (Lipinski definition) is 4. The van der Waals surface area contributed by atoms with Crippen molar-refractivity contribution in [2.24, 2.45) is 0 Å². The van der Waals surface area contributed by atoms with Crippen LogP contribution in [0.1, 0.15) is 25.0 Å². The molecule has 1 aliphatic heterocycles. The lowest BCUT2D eigenvalue weighted by Crippen LogP contribution is -2.22. The Morgan fingerprint density at radius 2 is 2.35 bits per heavy atom. The molecule has 0 spiro atoms. The van der Waals surface area contributed by atoms with Gasteiger partial charge in [0.1, 0.15) is 5.75 Å². The highest BCUT2D eigenvalue weighted by Gasteiger charge is 2.29. The molecule has 1 N–H and O–H groups in total. The summed E-state index contributed by atoms with van der Waals surface area (Å²) in [5.41, 5.74) is 0.652. The van der Waals surface area contributed by atoms with E-state index in [1.165, 1.54) is 0 Å². The molecular formula is C12H13BrO4. The van der Waals surface area contributed by atoms with Crippen LogP contribution in [-0.4, -0.2) is 23.8 Å². The number of hydrogen-bond donors (Lipinski definition) is 1. The van der Waals surface area contributed by atoms with Crippen molar-refractivity contribution in [1.29, 1.82) is 0 Å². The van der Waals surface area contributed by atoms with Crippen LogP contribution in [0.25, 0.3) is 0 Å². The van der Waals surface area contributed by atoms with Gasteiger partial charge in [0.25, 0.3) is 0 Å². The highest BCUT2D eigenvalue weighted by Crippen LogP contribution is 2.30. The van der Waals surface area contributed by atoms with Crippen molar-refractivity contribution >= 4 is 21.9 Å². The molecule has 1 aromatic carbocycles. The van der Waals surface area contributed by atoms with Crippen molar-refractivity contribution in [2.45, 2.75) is 25.6 Å². The summed E-state index contributed by atoms with van der Waals surface area (Å²) in [6.07, 6.45) is -0.665. The third-order valence-corrected chi connectivity index (χ3v) is 3.07. The van der Waals surface area contributed by atoms with Gasteiger partial charge in [-0.15, -0.1) is 0 Å². The Balaban J connectivity index is 2.22. The first-order valence-electron chi connectivity index (χ1n) is 5.38. The van der Waals surface area contributed by atoms with E-state index in [-0.39, 0.29) is 5.97 Å². The summed E-state index contributed by atoms with van der Waals surface area (Å²) in [4.78, 5) is 11.3. The molecule has 2 rings (SSSR count). The van der Waals surface area contributed by atoms with Gasteiger partial charge in [0.15, 0.2) is 6.10 Å². The summed E-state index contributed by atoms with van der Waals surface area (Å²) in [7, 11) is 0. The van der Waals surface area contributed by atoms with Gasteiger partial charge in [-0.1, -0.05) is 15.9 Å². The average Bonchev–Trinajstić information content (AvgIpc) is 2.67. The third-order valence-electron chi connectivity index (χ3n) is 2.58. The van der Waals surface area contributed by atoms with Crippen LogP contribution in [0.2, 0.25) is 0 Å². The van der Waals surface area contributed by atoms with E-state index in [9.17, 15) is 9.90 Å². The fourth-order valence-electron chi connectivity index (χ4n) is 1.69. The lowest BCUT2D eigenvalue weighted by molar-refractivity contribution is -0.143. The predicted molar refractivity (Wildman–Crippen MR) is 64.8 cm³/mol. The molecule has 2 atom stereocenters. The van der Waals surface area contributed by atoms with Crippen LogP contribution in [0.3, 0.4) is 0 Å². The smallest absolute Gasteiger partial charge is 0.347 e. The zero-order valence-electron chi connectivity index (χ0n) is 9.35. The number of carbonyl (C=O) groups excluding carboxylic acids is 1. The van der Waals surface area contributed by atoms with E-state index >= 15 is 0 Å². The van der Waals surface area contributed by atoms with Crippen LogP contribution in [0.5, 0.6) is 5.75 Å². The summed E-state index contributed by atoms with van der Waals surface area (Å²) < 4.78 is 11.3. The van der Waals surface area contributed by atoms with Gasteiger partial charge in [0.2, 0.25) is 0 Å². The van der Waals surface area contributed by atoms with Crippen molar-refractivity contribution in [2.75, 3.05) is 6.61 Å². The Hall–Kier alpha value is -1.07. The minimum atomic E-state index is -0.653. The van der Waals surface area contributed by atoms with Crippen molar-refractivity contribution in [3.8, 4) is 5.75 Å². The maximum absolute atomic E-state index is 11.3. The topological polar surface area (TPSA) is 55.8 Å². The highest BCUT2D eigenvalue weighted by atomic mass is 79.9. The fourth-order valence-corrected chi connectivity index (χ4v) is 2.07. The van der Waals surface area contributed by atoms with E-state index in [4.69, 9.17) is 9.47 Å². The molecule has 0 amide bonds. The summed E-state index contributed by atoms with van der Waals surface area (Å²) >= 11 is 3.33. The molecule has 1 heterocycles. The maximum atomic E-state index is 11.3. The predicted octanol–water partition coefficient (Wildman–Crippen LogP) is 2.20. The monoisotopic (exact) mass is 300 g/mol. The summed E-state index contributed by atoms with van der Waals surface area (Å²) in [6, 6.07) is 5.32. The molecule has 0 radical (unpaired) electrons. The molecular weight excluding hydrogens is 288 g/mol. The standard InChI is InChI=1S/C12H13BrO4/c1-7(14)9-6-8(13)2-3-10(9)17-11-4-5-16-12(11)15/h2-3,6-7,11,14H,4-5H2,1H3/t7-,11?/m1/s1. The summed E-state index contributed by atoms with van der Waals surface area (Å²) in [6.45, 7) is 2.05. The number of carbonyl (C=O) groups is 1. The zero-order chi connectivity index (χ0) is 12.4. The number of rotatable bonds is 3. The maximum Gasteiger partial charge on any atom is 0.347 e. The van der Waals surface area contributed by atoms with Crippen LogP contribution in [0, 0.1) is 0 Å². The quantitative estimate of drug-likeness (QED) is 0.870. The fraction of sp³-hybridized carbons (Fsp3) is 0.417. The molecule has 1 aliphatic rings. The van der Waals surface area contributed by atoms with Gasteiger partial charge in [0, 0.05) is 16.5 Å². The van der Waals surface area contributed by atoms with Gasteiger partial charge < -0.3 is 14.6 Å². The molecule has 5 heteroatoms. The largest absolute Gasteiger partial charge is 0.478 e. The Morgan fingerprint density at radius 1 is 1.59 bits per heavy atom. The van der Waals surface area contributed by atoms with Crippen LogP contribution < -0.4 is 4.74 Å². The molecule has 1 fully saturated rings. The minimum Gasteiger partial charge on any atom is -0.478 e. The molecule has 92 valence electrons. The molecule has 0 aliphatic carbocycles. The number of halogens is 1. The molecule has 0 bridgehead atoms. The van der Waals surface area contributed by atoms with E-state index in [2.05, 4.69) is 15.9 Å². The highest BCUT2D eigenvalue weighted by molar-refractivity contribution is 9.10. The minimum absolute atomic E-state index is 0.343. The van der Waals surface area contributed by atoms with Crippen LogP contribution in [0.15, 0.2) is 22.7 Å². The number of aliphatic hydroxyl groups is 1. The van der Waals surface area contributed by atoms with E-state index in [1.54, 1.807) is 19.1 Å². The van der Waals surface area contributed by atoms with Crippen molar-refractivity contribution in [3.63, 3.8) is 0 Å². The van der Waals surface area contributed by atoms with Crippen LogP contribution >= 0.6 is 15.9 Å². The Labute approximate surface area is 108 Å². The van der Waals surface area contributed by atoms with Gasteiger partial charge in [-0.05, 0) is 25.1 Å². The zero-order valence-corrected chi connectivity index (χ0v) is 10.9. The number of cyclic esters (lactones) is 1. The summed E-state index contributed by atoms with van der Waals surface area (Å²) in [5, 5.41) is 9.65. The van der Waals surface area contributed by atoms with Gasteiger partial charge in [0.05, 0.1) is 12.7 Å². The van der Waals surface area contributed by atoms with E-state index in [0.29, 0.717) is 24.3 Å². The molecule has 1 unspecified atom stereocenters. The molecule has 4 nitrogen and oxygen atoms in total. The van der Waals surface area contributed by atoms with Crippen molar-refractivity contribution < 1.29 is 19.4 Å². The van der Waals surface area contributed by atoms with Gasteiger partial charge >= 0.3 is 5.97 Å². The van der Waals surface area contributed by atoms with Crippen LogP contribution in [-0.2, 0) is 9.53 Å². The number of benzene rings is 1. The lowest BCUT2D eigenvalue weighted by atomic mass is 10.1. The average molecular weight is 301 g/mol. The van der Waals surface area contributed by atoms with E-state index < -0.39 is 12.2 Å². The second-order valence-corrected chi connectivity index (χ2v) is 4.84. The van der Waals surface area contributed by atoms with Crippen LogP contribution in [0.4, 0.5) is 0 Å². The van der Waals surface area contributed by atoms with E-state index in [0.717, 1.165) is 4.47 Å². The molecule has 17 heavy (non-hydrogen) atoms. The molecule has 1 aromatic rings. The van der Waals surface area contributed by atoms with Gasteiger partial charge in [-0.3, -0.25) is 0 Å². The first kappa shape index (κ1) is 12.4. The number of ether oxygens (including phenoxy) is 2. The normalized spacial score (nSPS) is 21.1. The Morgan fingerprint density at radius 3 is 2.94 bits per heavy atom. The second-order valence-electron chi connectivity index (χ2n) is 3.92. The van der Waals surface area contributed by atoms with Crippen molar-refractivity contribution in [3.05, 3.63) is 28.2 Å². The SMILES string of the molecule is C[C@@H](O)c1cc(Br)ccc1OC1CCOC1=O. The molecule has 0 saturated carbocycles. The summed E-state index contributed by atoms with van der Waals surface area (Å²) in [5.74, 6) is 0.177. The first-order valence-corrected chi connectivity index (χ1v) is 6.18. The molecule has 1 saturated heterocycles. The second kappa shape index (κ2) is 5.06. The number of esters is 1. The van der Waals surface area contributed by atoms with Gasteiger partial charge in [-0.2, -0.15) is 0 Å². The van der Waals surface area contributed by atoms with Gasteiger partial charge in [-0.25, -0.2) is 4.79 Å². The molecule has 0 aromatic heterocycles. The Kier molecular flexibility index (Phi) is 3.69. The Bertz CT molecular complexity index is 431. The van der Waals surface area contributed by atoms with Crippen molar-refractivity contribution in [1.82, 2.24) is 0 Å². The third kappa shape index (κ3) is 2.79.